The summed E-state index contributed by atoms with van der Waals surface area (Å²) < 4.78 is 8.48. The Labute approximate surface area is 318 Å². The number of carboxylic acid groups (broad SMARTS) is 1. The number of carboxylic acids is 1. The number of nitrogens with one attached hydrogen (secondary N) is 3. The number of aliphatic carboxylic acids is 1. The predicted molar refractivity (Wildman–Crippen MR) is 205 cm³/mol. The van der Waals surface area contributed by atoms with Crippen molar-refractivity contribution in [3.63, 3.8) is 0 Å². The van der Waals surface area contributed by atoms with Gasteiger partial charge >= 0.3 is 11.9 Å². The van der Waals surface area contributed by atoms with E-state index in [9.17, 15) is 19.2 Å². The van der Waals surface area contributed by atoms with Gasteiger partial charge in [0, 0.05) is 24.7 Å². The van der Waals surface area contributed by atoms with Crippen molar-refractivity contribution in [2.75, 3.05) is 0 Å². The van der Waals surface area contributed by atoms with Gasteiger partial charge in [0.25, 0.3) is 3.79 Å². The van der Waals surface area contributed by atoms with Crippen LogP contribution in [-0.2, 0) is 28.7 Å². The highest BCUT2D eigenvalue weighted by molar-refractivity contribution is 6.76. The van der Waals surface area contributed by atoms with E-state index in [0.717, 1.165) is 11.1 Å². The number of halogens is 3. The lowest BCUT2D eigenvalue weighted by molar-refractivity contribution is -0.155. The Morgan fingerprint density at radius 3 is 1.31 bits per heavy atom. The molecule has 0 aliphatic heterocycles. The Morgan fingerprint density at radius 1 is 0.667 bits per heavy atom. The van der Waals surface area contributed by atoms with E-state index in [2.05, 4.69) is 10.6 Å². The summed E-state index contributed by atoms with van der Waals surface area (Å²) in [6, 6.07) is 19.4. The normalized spacial score (nSPS) is 13.7. The fourth-order valence-electron chi connectivity index (χ4n) is 4.05. The molecule has 2 rings (SSSR count). The van der Waals surface area contributed by atoms with Crippen molar-refractivity contribution < 1.29 is 33.8 Å². The number of hydrogen-bond donors (Lipinski definition) is 4. The third-order valence-corrected chi connectivity index (χ3v) is 7.39. The van der Waals surface area contributed by atoms with Crippen LogP contribution in [0.1, 0.15) is 118 Å². The number of esters is 1. The molecule has 2 amide bonds. The highest BCUT2D eigenvalue weighted by Gasteiger charge is 2.31. The maximum atomic E-state index is 12.2. The van der Waals surface area contributed by atoms with Gasteiger partial charge in [-0.05, 0) is 79.4 Å². The van der Waals surface area contributed by atoms with E-state index >= 15 is 0 Å². The van der Waals surface area contributed by atoms with Crippen molar-refractivity contribution in [3.05, 3.63) is 71.8 Å². The summed E-state index contributed by atoms with van der Waals surface area (Å²) in [6.45, 7) is 18.3. The van der Waals surface area contributed by atoms with E-state index in [-0.39, 0.29) is 60.4 Å². The first-order valence-electron chi connectivity index (χ1n) is 16.8. The molecule has 4 atom stereocenters. The van der Waals surface area contributed by atoms with E-state index < -0.39 is 21.0 Å². The molecule has 10 nitrogen and oxygen atoms in total. The van der Waals surface area contributed by atoms with Crippen LogP contribution < -0.4 is 10.6 Å². The van der Waals surface area contributed by atoms with E-state index in [1.165, 1.54) is 0 Å². The molecule has 51 heavy (non-hydrogen) atoms. The van der Waals surface area contributed by atoms with Crippen LogP contribution in [0, 0.1) is 17.2 Å². The van der Waals surface area contributed by atoms with Crippen LogP contribution in [0.3, 0.4) is 0 Å². The lowest BCUT2D eigenvalue weighted by Crippen LogP contribution is -2.32. The van der Waals surface area contributed by atoms with Crippen molar-refractivity contribution >= 4 is 64.5 Å². The average molecular weight is 773 g/mol. The summed E-state index contributed by atoms with van der Waals surface area (Å²) in [5, 5.41) is 21.6. The van der Waals surface area contributed by atoms with Gasteiger partial charge in [0.15, 0.2) is 0 Å². The quantitative estimate of drug-likeness (QED) is 0.0726. The zero-order chi connectivity index (χ0) is 39.6. The van der Waals surface area contributed by atoms with Gasteiger partial charge in [-0.1, -0.05) is 109 Å². The number of carbonyl (C=O) groups is 4. The zero-order valence-electron chi connectivity index (χ0n) is 31.4. The Hall–Kier alpha value is -3.34. The standard InChI is InChI=1S/C18H27NO3.C14H19NO3.C6H10Cl3NO/c1-13(11-12-16(20)22-18(3,4)5)17(21)19-14(2)15-9-7-6-8-10-15;1-10(8-9-13(16)17)14(18)15-11(2)12-6-4-3-5-7-12;1-5(2,3)11-4(10)6(7,8)9/h6-10,13-14H,11-12H2,1-5H3,(H,19,21);3-7,10-11H,8-9H2,1-2H3,(H,15,18)(H,16,17);10H,1-3H3/t13-,14-;10-,11-;/m00./s1. The number of benzene rings is 2. The number of alkyl halides is 3. The minimum atomic E-state index is -1.76. The molecule has 0 aliphatic carbocycles. The molecule has 0 aliphatic rings. The van der Waals surface area contributed by atoms with Gasteiger partial charge < -0.3 is 25.2 Å². The molecule has 2 aromatic carbocycles. The summed E-state index contributed by atoms with van der Waals surface area (Å²) in [4.78, 5) is 46.1. The van der Waals surface area contributed by atoms with Gasteiger partial charge in [0.1, 0.15) is 11.2 Å². The van der Waals surface area contributed by atoms with Crippen LogP contribution in [0.25, 0.3) is 0 Å². The summed E-state index contributed by atoms with van der Waals surface area (Å²) in [5.41, 5.74) is 1.12. The van der Waals surface area contributed by atoms with Gasteiger partial charge in [0.2, 0.25) is 17.7 Å². The number of carbonyl (C=O) groups excluding carboxylic acids is 3. The van der Waals surface area contributed by atoms with Crippen LogP contribution in [0.5, 0.6) is 0 Å². The fraction of sp³-hybridized carbons (Fsp3) is 0.553. The van der Waals surface area contributed by atoms with Gasteiger partial charge in [-0.25, -0.2) is 0 Å². The smallest absolute Gasteiger partial charge is 0.306 e. The first-order chi connectivity index (χ1) is 23.3. The third-order valence-electron chi connectivity index (χ3n) is 6.87. The highest BCUT2D eigenvalue weighted by atomic mass is 35.6. The Balaban J connectivity index is 0.000000777. The molecule has 4 N–H and O–H groups in total. The molecule has 0 saturated heterocycles. The number of amides is 2. The summed E-state index contributed by atoms with van der Waals surface area (Å²) in [5.74, 6) is -2.14. The predicted octanol–water partition coefficient (Wildman–Crippen LogP) is 9.14. The number of rotatable bonds is 12. The molecular weight excluding hydrogens is 717 g/mol. The van der Waals surface area contributed by atoms with Crippen molar-refractivity contribution in [3.8, 4) is 0 Å². The lowest BCUT2D eigenvalue weighted by Gasteiger charge is -2.24. The van der Waals surface area contributed by atoms with E-state index in [1.807, 2.05) is 102 Å². The van der Waals surface area contributed by atoms with Gasteiger partial charge in [0.05, 0.1) is 12.1 Å². The molecule has 2 aromatic rings. The molecular formula is C38H56Cl3N3O7. The van der Waals surface area contributed by atoms with Crippen molar-refractivity contribution in [1.82, 2.24) is 10.6 Å². The monoisotopic (exact) mass is 771 g/mol. The first kappa shape index (κ1) is 47.7. The number of ether oxygens (including phenoxy) is 2. The minimum absolute atomic E-state index is 0.0221. The third kappa shape index (κ3) is 23.7. The maximum Gasteiger partial charge on any atom is 0.306 e. The molecule has 13 heteroatoms. The number of hydrogen-bond acceptors (Lipinski definition) is 7. The van der Waals surface area contributed by atoms with Crippen LogP contribution in [-0.4, -0.2) is 49.8 Å². The molecule has 0 heterocycles. The van der Waals surface area contributed by atoms with E-state index in [4.69, 9.17) is 54.8 Å². The molecule has 0 spiro atoms. The van der Waals surface area contributed by atoms with E-state index in [1.54, 1.807) is 27.7 Å². The average Bonchev–Trinajstić information content (AvgIpc) is 3.01. The Morgan fingerprint density at radius 2 is 1.02 bits per heavy atom. The van der Waals surface area contributed by atoms with E-state index in [0.29, 0.717) is 12.8 Å². The largest absolute Gasteiger partial charge is 0.481 e. The first-order valence-corrected chi connectivity index (χ1v) is 17.9. The lowest BCUT2D eigenvalue weighted by atomic mass is 10.0. The topological polar surface area (TPSA) is 155 Å². The van der Waals surface area contributed by atoms with Gasteiger partial charge in [-0.2, -0.15) is 0 Å². The van der Waals surface area contributed by atoms with Gasteiger partial charge in [-0.15, -0.1) is 0 Å². The molecule has 0 aromatic heterocycles. The second-order valence-corrected chi connectivity index (χ2v) is 16.5. The zero-order valence-corrected chi connectivity index (χ0v) is 33.7. The SMILES string of the molecule is CC(C)(C)OC(=N)C(Cl)(Cl)Cl.C[C@H](NC(=O)[C@@H](C)CCC(=O)O)c1ccccc1.C[C@H](NC(=O)[C@@H](C)CCC(=O)OC(C)(C)C)c1ccccc1. The Kier molecular flexibility index (Phi) is 21.1. The van der Waals surface area contributed by atoms with Crippen LogP contribution >= 0.6 is 34.8 Å². The summed E-state index contributed by atoms with van der Waals surface area (Å²) >= 11 is 16.1. The second kappa shape index (κ2) is 22.6. The Bertz CT molecular complexity index is 1370. The molecule has 0 unspecified atom stereocenters. The second-order valence-electron chi connectivity index (χ2n) is 14.2. The molecule has 0 radical (unpaired) electrons. The molecule has 0 saturated carbocycles. The minimum Gasteiger partial charge on any atom is -0.481 e. The fourth-order valence-corrected chi connectivity index (χ4v) is 4.17. The van der Waals surface area contributed by atoms with Crippen LogP contribution in [0.4, 0.5) is 0 Å². The molecule has 0 bridgehead atoms. The highest BCUT2D eigenvalue weighted by Crippen LogP contribution is 2.29. The van der Waals surface area contributed by atoms with Crippen molar-refractivity contribution in [2.45, 2.75) is 122 Å². The molecule has 286 valence electrons. The maximum absolute atomic E-state index is 12.2. The van der Waals surface area contributed by atoms with Crippen LogP contribution in [0.15, 0.2) is 60.7 Å². The van der Waals surface area contributed by atoms with Gasteiger partial charge in [-0.3, -0.25) is 24.6 Å². The van der Waals surface area contributed by atoms with Crippen molar-refractivity contribution in [2.24, 2.45) is 11.8 Å². The summed E-state index contributed by atoms with van der Waals surface area (Å²) in [6.07, 6.45) is 1.13. The summed E-state index contributed by atoms with van der Waals surface area (Å²) in [7, 11) is 0. The van der Waals surface area contributed by atoms with Crippen molar-refractivity contribution in [1.29, 1.82) is 5.41 Å². The molecule has 0 fully saturated rings. The van der Waals surface area contributed by atoms with Crippen LogP contribution in [0.2, 0.25) is 0 Å².